The van der Waals surface area contributed by atoms with E-state index in [4.69, 9.17) is 18.9 Å². The molecule has 3 aromatic carbocycles. The molecule has 0 heterocycles. The average Bonchev–Trinajstić information content (AvgIpc) is 2.74. The van der Waals surface area contributed by atoms with E-state index in [0.29, 0.717) is 36.0 Å². The molecule has 0 aliphatic heterocycles. The van der Waals surface area contributed by atoms with Crippen LogP contribution in [0.5, 0.6) is 23.0 Å². The fourth-order valence-electron chi connectivity index (χ4n) is 3.59. The van der Waals surface area contributed by atoms with E-state index in [-0.39, 0.29) is 5.91 Å². The molecule has 0 atom stereocenters. The van der Waals surface area contributed by atoms with Gasteiger partial charge in [-0.1, -0.05) is 12.1 Å². The van der Waals surface area contributed by atoms with Crippen LogP contribution in [0.4, 0.5) is 0 Å². The Kier molecular flexibility index (Phi) is 6.01. The third-order valence-electron chi connectivity index (χ3n) is 5.30. The van der Waals surface area contributed by atoms with Gasteiger partial charge in [0.15, 0.2) is 23.0 Å². The highest BCUT2D eigenvalue weighted by Crippen LogP contribution is 2.44. The minimum atomic E-state index is 0.0389. The van der Waals surface area contributed by atoms with Crippen LogP contribution in [0.2, 0.25) is 0 Å². The quantitative estimate of drug-likeness (QED) is 0.563. The van der Waals surface area contributed by atoms with Crippen molar-refractivity contribution in [1.82, 2.24) is 4.90 Å². The number of amides is 1. The van der Waals surface area contributed by atoms with Gasteiger partial charge in [-0.25, -0.2) is 0 Å². The van der Waals surface area contributed by atoms with Crippen LogP contribution in [0.25, 0.3) is 21.5 Å². The molecule has 0 bridgehead atoms. The Labute approximate surface area is 170 Å². The third kappa shape index (κ3) is 3.75. The van der Waals surface area contributed by atoms with Gasteiger partial charge in [-0.2, -0.15) is 0 Å². The molecule has 0 aliphatic carbocycles. The van der Waals surface area contributed by atoms with Gasteiger partial charge in [-0.15, -0.1) is 0 Å². The van der Waals surface area contributed by atoms with E-state index in [1.807, 2.05) is 18.2 Å². The van der Waals surface area contributed by atoms with E-state index in [2.05, 4.69) is 12.1 Å². The predicted molar refractivity (Wildman–Crippen MR) is 115 cm³/mol. The topological polar surface area (TPSA) is 57.2 Å². The summed E-state index contributed by atoms with van der Waals surface area (Å²) in [7, 11) is 8.31. The minimum Gasteiger partial charge on any atom is -0.493 e. The first kappa shape index (κ1) is 20.6. The van der Waals surface area contributed by atoms with E-state index < -0.39 is 0 Å². The molecule has 0 aliphatic rings. The zero-order chi connectivity index (χ0) is 21.1. The summed E-state index contributed by atoms with van der Waals surface area (Å²) in [5.74, 6) is 2.68. The lowest BCUT2D eigenvalue weighted by Gasteiger charge is -2.19. The molecule has 0 saturated carbocycles. The number of hydrogen-bond donors (Lipinski definition) is 0. The molecule has 154 valence electrons. The van der Waals surface area contributed by atoms with Crippen molar-refractivity contribution in [3.8, 4) is 23.0 Å². The Morgan fingerprint density at radius 3 is 2.10 bits per heavy atom. The maximum atomic E-state index is 11.6. The van der Waals surface area contributed by atoms with Crippen LogP contribution in [0.3, 0.4) is 0 Å². The molecule has 0 aromatic heterocycles. The number of rotatable bonds is 7. The standard InChI is InChI=1S/C23H27NO5/c1-14(25)24(2)10-9-16-12-21(28-5)23(29-6)22-17(16)8-7-15-11-19(26-3)20(27-4)13-18(15)22/h7-8,11-13H,9-10H2,1-6H3. The normalized spacial score (nSPS) is 10.8. The summed E-state index contributed by atoms with van der Waals surface area (Å²) in [4.78, 5) is 13.3. The van der Waals surface area contributed by atoms with Gasteiger partial charge in [0, 0.05) is 25.9 Å². The third-order valence-corrected chi connectivity index (χ3v) is 5.30. The van der Waals surface area contributed by atoms with Crippen molar-refractivity contribution in [2.24, 2.45) is 0 Å². The highest BCUT2D eigenvalue weighted by Gasteiger charge is 2.18. The number of fused-ring (bicyclic) bond motifs is 3. The first-order valence-corrected chi connectivity index (χ1v) is 9.39. The fraction of sp³-hybridized carbons (Fsp3) is 0.348. The zero-order valence-electron chi connectivity index (χ0n) is 17.8. The average molecular weight is 397 g/mol. The molecule has 0 unspecified atom stereocenters. The van der Waals surface area contributed by atoms with Gasteiger partial charge in [-0.3, -0.25) is 4.79 Å². The van der Waals surface area contributed by atoms with Crippen LogP contribution in [0, 0.1) is 0 Å². The maximum Gasteiger partial charge on any atom is 0.219 e. The number of nitrogens with zero attached hydrogens (tertiary/aromatic N) is 1. The Balaban J connectivity index is 2.31. The van der Waals surface area contributed by atoms with Crippen molar-refractivity contribution in [3.63, 3.8) is 0 Å². The molecule has 0 N–H and O–H groups in total. The van der Waals surface area contributed by atoms with Crippen molar-refractivity contribution < 1.29 is 23.7 Å². The Hall–Kier alpha value is -3.15. The van der Waals surface area contributed by atoms with Gasteiger partial charge >= 0.3 is 0 Å². The summed E-state index contributed by atoms with van der Waals surface area (Å²) in [6.07, 6.45) is 0.700. The molecule has 3 aromatic rings. The first-order valence-electron chi connectivity index (χ1n) is 9.39. The number of likely N-dealkylation sites (N-methyl/N-ethyl adjacent to an activating group) is 1. The van der Waals surface area contributed by atoms with Gasteiger partial charge in [0.1, 0.15) is 0 Å². The molecule has 1 amide bonds. The highest BCUT2D eigenvalue weighted by atomic mass is 16.5. The second-order valence-electron chi connectivity index (χ2n) is 6.88. The van der Waals surface area contributed by atoms with Gasteiger partial charge in [0.05, 0.1) is 28.4 Å². The molecule has 3 rings (SSSR count). The number of hydrogen-bond acceptors (Lipinski definition) is 5. The van der Waals surface area contributed by atoms with Crippen molar-refractivity contribution in [2.45, 2.75) is 13.3 Å². The molecule has 0 saturated heterocycles. The van der Waals surface area contributed by atoms with E-state index in [1.54, 1.807) is 47.3 Å². The predicted octanol–water partition coefficient (Wildman–Crippen LogP) is 4.05. The van der Waals surface area contributed by atoms with Crippen molar-refractivity contribution >= 4 is 27.5 Å². The summed E-state index contributed by atoms with van der Waals surface area (Å²) in [6, 6.07) is 10.0. The molecule has 6 nitrogen and oxygen atoms in total. The van der Waals surface area contributed by atoms with E-state index >= 15 is 0 Å². The zero-order valence-corrected chi connectivity index (χ0v) is 17.8. The smallest absolute Gasteiger partial charge is 0.219 e. The molecule has 6 heteroatoms. The van der Waals surface area contributed by atoms with Gasteiger partial charge in [0.2, 0.25) is 5.91 Å². The van der Waals surface area contributed by atoms with Crippen molar-refractivity contribution in [1.29, 1.82) is 0 Å². The molecule has 0 fully saturated rings. The summed E-state index contributed by atoms with van der Waals surface area (Å²) >= 11 is 0. The number of ether oxygens (including phenoxy) is 4. The van der Waals surface area contributed by atoms with Crippen LogP contribution < -0.4 is 18.9 Å². The number of carbonyl (C=O) groups is 1. The van der Waals surface area contributed by atoms with E-state index in [9.17, 15) is 4.79 Å². The Bertz CT molecular complexity index is 1060. The lowest BCUT2D eigenvalue weighted by Crippen LogP contribution is -2.26. The molecule has 0 radical (unpaired) electrons. The number of benzene rings is 3. The molecular formula is C23H27NO5. The highest BCUT2D eigenvalue weighted by molar-refractivity contribution is 6.13. The van der Waals surface area contributed by atoms with Crippen LogP contribution >= 0.6 is 0 Å². The van der Waals surface area contributed by atoms with Gasteiger partial charge in [-0.05, 0) is 46.3 Å². The first-order chi connectivity index (χ1) is 13.9. The monoisotopic (exact) mass is 397 g/mol. The van der Waals surface area contributed by atoms with Gasteiger partial charge in [0.25, 0.3) is 0 Å². The van der Waals surface area contributed by atoms with Crippen molar-refractivity contribution in [2.75, 3.05) is 42.0 Å². The molecule has 0 spiro atoms. The number of carbonyl (C=O) groups excluding carboxylic acids is 1. The summed E-state index contributed by atoms with van der Waals surface area (Å²) < 4.78 is 22.3. The van der Waals surface area contributed by atoms with Crippen molar-refractivity contribution in [3.05, 3.63) is 35.9 Å². The largest absolute Gasteiger partial charge is 0.493 e. The maximum absolute atomic E-state index is 11.6. The van der Waals surface area contributed by atoms with Crippen LogP contribution in [-0.4, -0.2) is 52.8 Å². The second kappa shape index (κ2) is 8.47. The summed E-state index contributed by atoms with van der Waals surface area (Å²) in [5, 5.41) is 4.00. The van der Waals surface area contributed by atoms with Gasteiger partial charge < -0.3 is 23.8 Å². The van der Waals surface area contributed by atoms with Crippen LogP contribution in [-0.2, 0) is 11.2 Å². The summed E-state index contributed by atoms with van der Waals surface area (Å²) in [6.45, 7) is 2.18. The Morgan fingerprint density at radius 1 is 0.862 bits per heavy atom. The Morgan fingerprint density at radius 2 is 1.52 bits per heavy atom. The fourth-order valence-corrected chi connectivity index (χ4v) is 3.59. The lowest BCUT2D eigenvalue weighted by atomic mass is 9.95. The van der Waals surface area contributed by atoms with Crippen LogP contribution in [0.1, 0.15) is 12.5 Å². The SMILES string of the molecule is COc1cc2ccc3c(CCN(C)C(C)=O)cc(OC)c(OC)c3c2cc1OC. The second-order valence-corrected chi connectivity index (χ2v) is 6.88. The molecular weight excluding hydrogens is 370 g/mol. The number of methoxy groups -OCH3 is 4. The molecule has 29 heavy (non-hydrogen) atoms. The lowest BCUT2D eigenvalue weighted by molar-refractivity contribution is -0.127. The van der Waals surface area contributed by atoms with E-state index in [0.717, 1.165) is 27.1 Å². The summed E-state index contributed by atoms with van der Waals surface area (Å²) in [5.41, 5.74) is 1.09. The minimum absolute atomic E-state index is 0.0389. The van der Waals surface area contributed by atoms with E-state index in [1.165, 1.54) is 0 Å². The van der Waals surface area contributed by atoms with Crippen LogP contribution in [0.15, 0.2) is 30.3 Å².